The molecule has 1 rings (SSSR count). The van der Waals surface area contributed by atoms with E-state index in [1.807, 2.05) is 6.07 Å². The van der Waals surface area contributed by atoms with Crippen molar-refractivity contribution in [2.75, 3.05) is 6.54 Å². The van der Waals surface area contributed by atoms with Crippen LogP contribution in [0.25, 0.3) is 0 Å². The van der Waals surface area contributed by atoms with E-state index in [4.69, 9.17) is 5.26 Å². The Bertz CT molecular complexity index is 246. The van der Waals surface area contributed by atoms with Gasteiger partial charge in [0.15, 0.2) is 0 Å². The molecule has 0 aromatic rings. The van der Waals surface area contributed by atoms with E-state index in [0.717, 1.165) is 6.42 Å². The molecule has 0 aromatic heterocycles. The largest absolute Gasteiger partial charge is 0.356 e. The molecule has 2 atom stereocenters. The first-order chi connectivity index (χ1) is 6.27. The Morgan fingerprint density at radius 2 is 2.62 bits per heavy atom. The van der Waals surface area contributed by atoms with Gasteiger partial charge in [-0.2, -0.15) is 5.26 Å². The Balaban J connectivity index is 2.41. The molecule has 1 aliphatic heterocycles. The van der Waals surface area contributed by atoms with E-state index in [0.29, 0.717) is 19.4 Å². The number of carbonyl (C=O) groups excluding carboxylic acids is 2. The highest BCUT2D eigenvalue weighted by Crippen LogP contribution is 2.15. The molecule has 1 fully saturated rings. The summed E-state index contributed by atoms with van der Waals surface area (Å²) in [4.78, 5) is 21.2. The number of hydrogen-bond acceptors (Lipinski definition) is 3. The zero-order valence-electron chi connectivity index (χ0n) is 7.12. The van der Waals surface area contributed by atoms with Crippen LogP contribution in [-0.4, -0.2) is 24.9 Å². The maximum Gasteiger partial charge on any atom is 0.223 e. The van der Waals surface area contributed by atoms with E-state index in [-0.39, 0.29) is 11.8 Å². The van der Waals surface area contributed by atoms with Crippen LogP contribution in [0.1, 0.15) is 12.8 Å². The summed E-state index contributed by atoms with van der Waals surface area (Å²) in [5.41, 5.74) is 0. The van der Waals surface area contributed by atoms with Gasteiger partial charge in [0.25, 0.3) is 0 Å². The molecule has 5 nitrogen and oxygen atoms in total. The number of nitrogens with zero attached hydrogens (tertiary/aromatic N) is 1. The monoisotopic (exact) mass is 181 g/mol. The van der Waals surface area contributed by atoms with Gasteiger partial charge in [0.05, 0.1) is 6.07 Å². The van der Waals surface area contributed by atoms with Crippen molar-refractivity contribution in [2.24, 2.45) is 5.92 Å². The van der Waals surface area contributed by atoms with E-state index in [9.17, 15) is 9.59 Å². The second-order valence-corrected chi connectivity index (χ2v) is 2.98. The van der Waals surface area contributed by atoms with Crippen molar-refractivity contribution in [2.45, 2.75) is 18.9 Å². The maximum absolute atomic E-state index is 11.1. The summed E-state index contributed by atoms with van der Waals surface area (Å²) in [5.74, 6) is -0.148. The van der Waals surface area contributed by atoms with Crippen LogP contribution in [0.15, 0.2) is 0 Å². The minimum atomic E-state index is -0.550. The summed E-state index contributed by atoms with van der Waals surface area (Å²) in [7, 11) is 0. The van der Waals surface area contributed by atoms with E-state index in [1.165, 1.54) is 0 Å². The van der Waals surface area contributed by atoms with Gasteiger partial charge in [0, 0.05) is 12.5 Å². The molecule has 2 unspecified atom stereocenters. The molecule has 0 aromatic carbocycles. The number of nitriles is 1. The Hall–Kier alpha value is -1.57. The topological polar surface area (TPSA) is 82.0 Å². The second-order valence-electron chi connectivity index (χ2n) is 2.98. The number of hydrogen-bond donors (Lipinski definition) is 2. The zero-order valence-corrected chi connectivity index (χ0v) is 7.12. The number of rotatable bonds is 4. The van der Waals surface area contributed by atoms with Gasteiger partial charge < -0.3 is 10.6 Å². The summed E-state index contributed by atoms with van der Waals surface area (Å²) >= 11 is 0. The normalized spacial score (nSPS) is 23.0. The highest BCUT2D eigenvalue weighted by atomic mass is 16.2. The summed E-state index contributed by atoms with van der Waals surface area (Å²) in [5, 5.41) is 13.6. The molecule has 2 amide bonds. The zero-order chi connectivity index (χ0) is 9.68. The first-order valence-corrected chi connectivity index (χ1v) is 4.15. The number of carbonyl (C=O) groups is 2. The predicted octanol–water partition coefficient (Wildman–Crippen LogP) is -0.849. The van der Waals surface area contributed by atoms with Crippen LogP contribution in [0.4, 0.5) is 0 Å². The molecule has 1 heterocycles. The third kappa shape index (κ3) is 2.44. The highest BCUT2D eigenvalue weighted by molar-refractivity contribution is 5.80. The maximum atomic E-state index is 11.1. The van der Waals surface area contributed by atoms with E-state index in [2.05, 4.69) is 10.6 Å². The lowest BCUT2D eigenvalue weighted by molar-refractivity contribution is -0.123. The van der Waals surface area contributed by atoms with Crippen molar-refractivity contribution < 1.29 is 9.59 Å². The molecular weight excluding hydrogens is 170 g/mol. The molecule has 1 aliphatic rings. The van der Waals surface area contributed by atoms with Gasteiger partial charge in [-0.15, -0.1) is 0 Å². The Morgan fingerprint density at radius 3 is 3.08 bits per heavy atom. The van der Waals surface area contributed by atoms with Crippen molar-refractivity contribution in [1.29, 1.82) is 5.26 Å². The quantitative estimate of drug-likeness (QED) is 0.554. The number of nitrogens with one attached hydrogen (secondary N) is 2. The van der Waals surface area contributed by atoms with Gasteiger partial charge >= 0.3 is 0 Å². The van der Waals surface area contributed by atoms with Gasteiger partial charge in [-0.3, -0.25) is 9.59 Å². The average Bonchev–Trinajstić information content (AvgIpc) is 2.51. The van der Waals surface area contributed by atoms with Crippen LogP contribution in [0.2, 0.25) is 0 Å². The standard InChI is InChI=1S/C8H11N3O2/c9-4-7(11-5-12)3-6-1-2-10-8(6)13/h5-7H,1-3H2,(H,10,13)(H,11,12). The average molecular weight is 181 g/mol. The van der Waals surface area contributed by atoms with Crippen molar-refractivity contribution in [3.8, 4) is 6.07 Å². The number of amides is 2. The Kier molecular flexibility index (Phi) is 3.26. The van der Waals surface area contributed by atoms with Gasteiger partial charge in [0.1, 0.15) is 6.04 Å². The van der Waals surface area contributed by atoms with Gasteiger partial charge in [-0.1, -0.05) is 0 Å². The van der Waals surface area contributed by atoms with Crippen LogP contribution in [-0.2, 0) is 9.59 Å². The van der Waals surface area contributed by atoms with E-state index in [1.54, 1.807) is 0 Å². The van der Waals surface area contributed by atoms with Crippen LogP contribution in [0.5, 0.6) is 0 Å². The molecule has 70 valence electrons. The van der Waals surface area contributed by atoms with E-state index >= 15 is 0 Å². The molecule has 0 saturated carbocycles. The molecule has 13 heavy (non-hydrogen) atoms. The van der Waals surface area contributed by atoms with Crippen molar-refractivity contribution in [3.05, 3.63) is 0 Å². The first kappa shape index (κ1) is 9.52. The molecule has 2 N–H and O–H groups in total. The van der Waals surface area contributed by atoms with Crippen molar-refractivity contribution in [1.82, 2.24) is 10.6 Å². The van der Waals surface area contributed by atoms with Crippen LogP contribution < -0.4 is 10.6 Å². The molecule has 0 aliphatic carbocycles. The third-order valence-corrected chi connectivity index (χ3v) is 2.11. The SMILES string of the molecule is N#CC(CC1CCNC1=O)NC=O. The molecule has 0 bridgehead atoms. The Labute approximate surface area is 76.1 Å². The van der Waals surface area contributed by atoms with Gasteiger partial charge in [0.2, 0.25) is 12.3 Å². The fourth-order valence-electron chi connectivity index (χ4n) is 1.39. The lowest BCUT2D eigenvalue weighted by atomic mass is 9.99. The summed E-state index contributed by atoms with van der Waals surface area (Å²) in [6, 6.07) is 1.38. The van der Waals surface area contributed by atoms with Crippen molar-refractivity contribution >= 4 is 12.3 Å². The summed E-state index contributed by atoms with van der Waals surface area (Å²) < 4.78 is 0. The Morgan fingerprint density at radius 1 is 1.85 bits per heavy atom. The van der Waals surface area contributed by atoms with Crippen LogP contribution in [0, 0.1) is 17.2 Å². The fraction of sp³-hybridized carbons (Fsp3) is 0.625. The molecule has 5 heteroatoms. The molecule has 1 saturated heterocycles. The van der Waals surface area contributed by atoms with Gasteiger partial charge in [-0.05, 0) is 12.8 Å². The fourth-order valence-corrected chi connectivity index (χ4v) is 1.39. The second kappa shape index (κ2) is 4.45. The minimum Gasteiger partial charge on any atom is -0.356 e. The lowest BCUT2D eigenvalue weighted by Crippen LogP contribution is -2.31. The van der Waals surface area contributed by atoms with E-state index < -0.39 is 6.04 Å². The first-order valence-electron chi connectivity index (χ1n) is 4.15. The minimum absolute atomic E-state index is 0.0204. The summed E-state index contributed by atoms with van der Waals surface area (Å²) in [6.45, 7) is 0.669. The molecular formula is C8H11N3O2. The van der Waals surface area contributed by atoms with Gasteiger partial charge in [-0.25, -0.2) is 0 Å². The molecule has 0 radical (unpaired) electrons. The molecule has 0 spiro atoms. The lowest BCUT2D eigenvalue weighted by Gasteiger charge is -2.10. The third-order valence-electron chi connectivity index (χ3n) is 2.11. The summed E-state index contributed by atoms with van der Waals surface area (Å²) in [6.07, 6.45) is 1.64. The smallest absolute Gasteiger partial charge is 0.223 e. The van der Waals surface area contributed by atoms with Crippen LogP contribution >= 0.6 is 0 Å². The van der Waals surface area contributed by atoms with Crippen molar-refractivity contribution in [3.63, 3.8) is 0 Å². The predicted molar refractivity (Wildman–Crippen MR) is 44.3 cm³/mol. The highest BCUT2D eigenvalue weighted by Gasteiger charge is 2.26. The van der Waals surface area contributed by atoms with Crippen LogP contribution in [0.3, 0.4) is 0 Å².